The zero-order valence-electron chi connectivity index (χ0n) is 19.7. The lowest BCUT2D eigenvalue weighted by atomic mass is 9.78. The van der Waals surface area contributed by atoms with Gasteiger partial charge in [0.25, 0.3) is 0 Å². The summed E-state index contributed by atoms with van der Waals surface area (Å²) in [5, 5.41) is 9.92. The lowest BCUT2D eigenvalue weighted by Gasteiger charge is -2.44. The van der Waals surface area contributed by atoms with E-state index in [2.05, 4.69) is 80.8 Å². The molecule has 0 aromatic heterocycles. The number of phenolic OH excluding ortho intramolecular Hbond substituents is 1. The third kappa shape index (κ3) is 7.14. The van der Waals surface area contributed by atoms with Crippen molar-refractivity contribution in [2.75, 3.05) is 26.2 Å². The summed E-state index contributed by atoms with van der Waals surface area (Å²) in [4.78, 5) is 5.22. The summed E-state index contributed by atoms with van der Waals surface area (Å²) >= 11 is 0. The van der Waals surface area contributed by atoms with E-state index in [1.54, 1.807) is 6.07 Å². The molecule has 1 fully saturated rings. The maximum Gasteiger partial charge on any atom is 0.115 e. The zero-order valence-corrected chi connectivity index (χ0v) is 19.7. The quantitative estimate of drug-likeness (QED) is 0.593. The van der Waals surface area contributed by atoms with Crippen molar-refractivity contribution in [1.82, 2.24) is 9.80 Å². The van der Waals surface area contributed by atoms with Gasteiger partial charge in [0.15, 0.2) is 0 Å². The summed E-state index contributed by atoms with van der Waals surface area (Å²) in [6.45, 7) is 16.6. The second-order valence-corrected chi connectivity index (χ2v) is 8.68. The highest BCUT2D eigenvalue weighted by Gasteiger charge is 2.34. The molecule has 3 atom stereocenters. The molecule has 30 heavy (non-hydrogen) atoms. The van der Waals surface area contributed by atoms with Crippen LogP contribution in [-0.2, 0) is 6.54 Å². The Bertz CT molecular complexity index is 718. The van der Waals surface area contributed by atoms with Crippen LogP contribution in [0.15, 0.2) is 54.6 Å². The van der Waals surface area contributed by atoms with Gasteiger partial charge in [-0.3, -0.25) is 9.80 Å². The minimum Gasteiger partial charge on any atom is -0.508 e. The Morgan fingerprint density at radius 3 is 2.30 bits per heavy atom. The topological polar surface area (TPSA) is 26.7 Å². The van der Waals surface area contributed by atoms with Crippen molar-refractivity contribution in [2.45, 2.75) is 66.0 Å². The van der Waals surface area contributed by atoms with E-state index < -0.39 is 0 Å². The number of hydrogen-bond donors (Lipinski definition) is 1. The molecule has 1 aliphatic rings. The van der Waals surface area contributed by atoms with Crippen LogP contribution in [0.1, 0.15) is 64.5 Å². The molecule has 0 radical (unpaired) electrons. The molecule has 3 nitrogen and oxygen atoms in total. The fourth-order valence-electron chi connectivity index (χ4n) is 4.56. The summed E-state index contributed by atoms with van der Waals surface area (Å²) in [5.41, 5.74) is 2.67. The van der Waals surface area contributed by atoms with Crippen molar-refractivity contribution < 1.29 is 5.11 Å². The summed E-state index contributed by atoms with van der Waals surface area (Å²) in [6.07, 6.45) is 2.41. The molecular formula is C27H42N2O. The SMILES string of the molecule is CCC.CCN(Cc1ccccc1)C[C@H]1C[C@@H](c2cccc(O)c2)[C@@H](C)CN1CC. The maximum atomic E-state index is 9.92. The van der Waals surface area contributed by atoms with E-state index in [-0.39, 0.29) is 0 Å². The van der Waals surface area contributed by atoms with Crippen molar-refractivity contribution in [3.05, 3.63) is 65.7 Å². The molecule has 0 bridgehead atoms. The van der Waals surface area contributed by atoms with Crippen LogP contribution >= 0.6 is 0 Å². The van der Waals surface area contributed by atoms with Crippen LogP contribution in [-0.4, -0.2) is 47.1 Å². The molecule has 1 saturated heterocycles. The van der Waals surface area contributed by atoms with Gasteiger partial charge in [-0.15, -0.1) is 0 Å². The van der Waals surface area contributed by atoms with Crippen LogP contribution in [0, 0.1) is 5.92 Å². The van der Waals surface area contributed by atoms with Crippen LogP contribution in [0.2, 0.25) is 0 Å². The predicted octanol–water partition coefficient (Wildman–Crippen LogP) is 6.14. The molecular weight excluding hydrogens is 368 g/mol. The Kier molecular flexibility index (Phi) is 10.4. The number of rotatable bonds is 7. The first-order chi connectivity index (χ1) is 14.5. The first-order valence-corrected chi connectivity index (χ1v) is 11.8. The van der Waals surface area contributed by atoms with E-state index in [1.807, 2.05) is 12.1 Å². The highest BCUT2D eigenvalue weighted by molar-refractivity contribution is 5.30. The van der Waals surface area contributed by atoms with Crippen LogP contribution in [0.4, 0.5) is 0 Å². The Hall–Kier alpha value is -1.84. The van der Waals surface area contributed by atoms with Gasteiger partial charge < -0.3 is 5.11 Å². The van der Waals surface area contributed by atoms with Gasteiger partial charge in [0, 0.05) is 25.7 Å². The number of phenols is 1. The minimum atomic E-state index is 0.383. The largest absolute Gasteiger partial charge is 0.508 e. The number of benzene rings is 2. The van der Waals surface area contributed by atoms with E-state index in [4.69, 9.17) is 0 Å². The summed E-state index contributed by atoms with van der Waals surface area (Å²) in [7, 11) is 0. The van der Waals surface area contributed by atoms with Gasteiger partial charge in [0.2, 0.25) is 0 Å². The van der Waals surface area contributed by atoms with Gasteiger partial charge >= 0.3 is 0 Å². The van der Waals surface area contributed by atoms with Crippen molar-refractivity contribution in [1.29, 1.82) is 0 Å². The Balaban J connectivity index is 0.00000101. The first-order valence-electron chi connectivity index (χ1n) is 11.8. The van der Waals surface area contributed by atoms with Gasteiger partial charge in [-0.2, -0.15) is 0 Å². The highest BCUT2D eigenvalue weighted by atomic mass is 16.3. The van der Waals surface area contributed by atoms with E-state index in [0.717, 1.165) is 39.1 Å². The van der Waals surface area contributed by atoms with Crippen molar-refractivity contribution in [3.63, 3.8) is 0 Å². The molecule has 2 aromatic rings. The molecule has 3 heteroatoms. The molecule has 1 aliphatic heterocycles. The standard InChI is InChI=1S/C24H34N2O.C3H8/c1-4-25(17-20-10-7-6-8-11-20)18-22-15-24(19(3)16-26(22)5-2)21-12-9-13-23(27)14-21;1-3-2/h6-14,19,22,24,27H,4-5,15-18H2,1-3H3;3H2,1-2H3/t19-,22+,24+;/m0./s1. The molecule has 2 aromatic carbocycles. The molecule has 0 saturated carbocycles. The normalized spacial score (nSPS) is 21.9. The predicted molar refractivity (Wildman–Crippen MR) is 129 cm³/mol. The van der Waals surface area contributed by atoms with Crippen molar-refractivity contribution >= 4 is 0 Å². The smallest absolute Gasteiger partial charge is 0.115 e. The fraction of sp³-hybridized carbons (Fsp3) is 0.556. The number of aromatic hydroxyl groups is 1. The first kappa shape index (κ1) is 24.4. The molecule has 1 N–H and O–H groups in total. The average Bonchev–Trinajstić information content (AvgIpc) is 2.75. The number of nitrogens with zero attached hydrogens (tertiary/aromatic N) is 2. The molecule has 0 amide bonds. The van der Waals surface area contributed by atoms with E-state index >= 15 is 0 Å². The monoisotopic (exact) mass is 410 g/mol. The summed E-state index contributed by atoms with van der Waals surface area (Å²) < 4.78 is 0. The third-order valence-corrected chi connectivity index (χ3v) is 6.12. The van der Waals surface area contributed by atoms with E-state index in [1.165, 1.54) is 17.5 Å². The summed E-state index contributed by atoms with van der Waals surface area (Å²) in [6, 6.07) is 19.2. The van der Waals surface area contributed by atoms with Gasteiger partial charge in [-0.25, -0.2) is 0 Å². The van der Waals surface area contributed by atoms with Gasteiger partial charge in [0.05, 0.1) is 0 Å². The lowest BCUT2D eigenvalue weighted by Crippen LogP contribution is -2.50. The molecule has 1 heterocycles. The minimum absolute atomic E-state index is 0.383. The number of likely N-dealkylation sites (tertiary alicyclic amines) is 1. The number of hydrogen-bond acceptors (Lipinski definition) is 3. The molecule has 0 unspecified atom stereocenters. The second kappa shape index (κ2) is 12.8. The van der Waals surface area contributed by atoms with Crippen LogP contribution in [0.5, 0.6) is 5.75 Å². The zero-order chi connectivity index (χ0) is 21.9. The highest BCUT2D eigenvalue weighted by Crippen LogP contribution is 2.37. The van der Waals surface area contributed by atoms with Crippen molar-refractivity contribution in [3.8, 4) is 5.75 Å². The van der Waals surface area contributed by atoms with Crippen molar-refractivity contribution in [2.24, 2.45) is 5.92 Å². The maximum absolute atomic E-state index is 9.92. The fourth-order valence-corrected chi connectivity index (χ4v) is 4.56. The van der Waals surface area contributed by atoms with Gasteiger partial charge in [-0.1, -0.05) is 83.5 Å². The van der Waals surface area contributed by atoms with Crippen LogP contribution < -0.4 is 0 Å². The average molecular weight is 411 g/mol. The molecule has 3 rings (SSSR count). The van der Waals surface area contributed by atoms with E-state index in [0.29, 0.717) is 23.6 Å². The molecule has 166 valence electrons. The molecule has 0 spiro atoms. The van der Waals surface area contributed by atoms with Gasteiger partial charge in [-0.05, 0) is 54.6 Å². The van der Waals surface area contributed by atoms with Gasteiger partial charge in [0.1, 0.15) is 5.75 Å². The van der Waals surface area contributed by atoms with Crippen LogP contribution in [0.25, 0.3) is 0 Å². The Morgan fingerprint density at radius 2 is 1.70 bits per heavy atom. The Morgan fingerprint density at radius 1 is 1.00 bits per heavy atom. The molecule has 0 aliphatic carbocycles. The summed E-state index contributed by atoms with van der Waals surface area (Å²) in [5.74, 6) is 1.50. The van der Waals surface area contributed by atoms with Crippen LogP contribution in [0.3, 0.4) is 0 Å². The Labute approximate surface area is 184 Å². The number of piperidine rings is 1. The third-order valence-electron chi connectivity index (χ3n) is 6.12. The van der Waals surface area contributed by atoms with E-state index in [9.17, 15) is 5.11 Å². The second-order valence-electron chi connectivity index (χ2n) is 8.68. The lowest BCUT2D eigenvalue weighted by molar-refractivity contribution is 0.0710. The number of likely N-dealkylation sites (N-methyl/N-ethyl adjacent to an activating group) is 2.